The van der Waals surface area contributed by atoms with Crippen LogP contribution in [0, 0.1) is 0 Å². The van der Waals surface area contributed by atoms with Crippen molar-refractivity contribution < 1.29 is 4.74 Å². The van der Waals surface area contributed by atoms with Crippen molar-refractivity contribution in [2.45, 2.75) is 27.5 Å². The van der Waals surface area contributed by atoms with Crippen LogP contribution in [0.15, 0.2) is 37.4 Å². The number of rotatable bonds is 3. The molecule has 0 amide bonds. The normalized spacial score (nSPS) is 11.6. The number of alkyl halides is 6. The number of halogens is 6. The Labute approximate surface area is 182 Å². The van der Waals surface area contributed by atoms with Crippen molar-refractivity contribution in [1.82, 2.24) is 15.0 Å². The minimum Gasteiger partial charge on any atom is -0.491 e. The Morgan fingerprint density at radius 1 is 1.00 bits per heavy atom. The van der Waals surface area contributed by atoms with Gasteiger partial charge in [0.1, 0.15) is 18.4 Å². The van der Waals surface area contributed by atoms with Crippen molar-refractivity contribution in [3.63, 3.8) is 0 Å². The highest BCUT2D eigenvalue weighted by Crippen LogP contribution is 2.41. The summed E-state index contributed by atoms with van der Waals surface area (Å²) in [5.41, 5.74) is 1.36. The van der Waals surface area contributed by atoms with E-state index in [1.165, 1.54) is 12.7 Å². The molecule has 0 saturated heterocycles. The Bertz CT molecular complexity index is 714. The topological polar surface area (TPSA) is 47.9 Å². The van der Waals surface area contributed by atoms with Crippen molar-refractivity contribution in [2.24, 2.45) is 0 Å². The van der Waals surface area contributed by atoms with Crippen LogP contribution in [0.1, 0.15) is 30.8 Å². The third kappa shape index (κ3) is 8.03. The van der Waals surface area contributed by atoms with Crippen molar-refractivity contribution >= 4 is 75.7 Å². The Kier molecular flexibility index (Phi) is 9.21. The molecule has 2 rings (SSSR count). The molecule has 142 valence electrons. The summed E-state index contributed by atoms with van der Waals surface area (Å²) >= 11 is 33.9. The van der Waals surface area contributed by atoms with Gasteiger partial charge >= 0.3 is 0 Å². The average Bonchev–Trinajstić information content (AvgIpc) is 2.54. The van der Waals surface area contributed by atoms with E-state index in [9.17, 15) is 0 Å². The van der Waals surface area contributed by atoms with E-state index in [2.05, 4.69) is 21.5 Å². The number of ether oxygens (including phenoxy) is 1. The van der Waals surface area contributed by atoms with E-state index < -0.39 is 7.59 Å². The lowest BCUT2D eigenvalue weighted by Gasteiger charge is -2.17. The van der Waals surface area contributed by atoms with Gasteiger partial charge in [-0.25, -0.2) is 15.0 Å². The van der Waals surface area contributed by atoms with E-state index in [1.807, 2.05) is 26.0 Å². The van der Waals surface area contributed by atoms with Crippen molar-refractivity contribution in [3.05, 3.63) is 54.4 Å². The van der Waals surface area contributed by atoms with Gasteiger partial charge in [0.05, 0.1) is 6.10 Å². The maximum atomic E-state index is 5.88. The van der Waals surface area contributed by atoms with E-state index in [1.54, 1.807) is 12.1 Å². The molecule has 0 aliphatic rings. The number of nitrogens with zero attached hydrogens (tertiary/aromatic N) is 3. The molecular formula is C16H15Cl6N3O. The van der Waals surface area contributed by atoms with Crippen LogP contribution in [0.2, 0.25) is 0 Å². The lowest BCUT2D eigenvalue weighted by atomic mass is 10.1. The Morgan fingerprint density at radius 3 is 1.96 bits per heavy atom. The zero-order chi connectivity index (χ0) is 20.0. The summed E-state index contributed by atoms with van der Waals surface area (Å²) in [7, 11) is 0. The molecule has 0 unspecified atom stereocenters. The Morgan fingerprint density at radius 2 is 1.58 bits per heavy atom. The highest BCUT2D eigenvalue weighted by Gasteiger charge is 2.26. The van der Waals surface area contributed by atoms with Gasteiger partial charge in [0.25, 0.3) is 0 Å². The third-order valence-corrected chi connectivity index (χ3v) is 3.79. The maximum absolute atomic E-state index is 5.88. The van der Waals surface area contributed by atoms with Crippen molar-refractivity contribution in [2.75, 3.05) is 0 Å². The van der Waals surface area contributed by atoms with Crippen LogP contribution in [0.3, 0.4) is 0 Å². The fourth-order valence-corrected chi connectivity index (χ4v) is 2.47. The summed E-state index contributed by atoms with van der Waals surface area (Å²) in [6.45, 7) is 7.56. The van der Waals surface area contributed by atoms with Crippen LogP contribution in [0.25, 0.3) is 6.08 Å². The molecule has 0 atom stereocenters. The molecule has 10 heteroatoms. The molecule has 2 aromatic rings. The molecule has 0 bridgehead atoms. The van der Waals surface area contributed by atoms with Crippen LogP contribution < -0.4 is 4.74 Å². The Hall–Kier alpha value is -0.490. The van der Waals surface area contributed by atoms with Crippen LogP contribution in [0.4, 0.5) is 0 Å². The summed E-state index contributed by atoms with van der Waals surface area (Å²) in [4.78, 5) is 10.8. The average molecular weight is 478 g/mol. The van der Waals surface area contributed by atoms with Gasteiger partial charge in [0.2, 0.25) is 7.59 Å². The fourth-order valence-electron chi connectivity index (χ4n) is 1.69. The molecule has 4 nitrogen and oxygen atoms in total. The maximum Gasteiger partial charge on any atom is 0.250 e. The molecule has 26 heavy (non-hydrogen) atoms. The van der Waals surface area contributed by atoms with Gasteiger partial charge in [-0.3, -0.25) is 0 Å². The van der Waals surface area contributed by atoms with Crippen molar-refractivity contribution in [3.8, 4) is 5.75 Å². The van der Waals surface area contributed by atoms with E-state index in [4.69, 9.17) is 74.3 Å². The van der Waals surface area contributed by atoms with E-state index in [0.29, 0.717) is 11.3 Å². The van der Waals surface area contributed by atoms with Gasteiger partial charge < -0.3 is 4.74 Å². The molecule has 1 aromatic heterocycles. The zero-order valence-electron chi connectivity index (χ0n) is 13.8. The monoisotopic (exact) mass is 475 g/mol. The number of hydrogen-bond donors (Lipinski definition) is 0. The molecule has 1 heterocycles. The largest absolute Gasteiger partial charge is 0.491 e. The highest BCUT2D eigenvalue weighted by atomic mass is 35.6. The lowest BCUT2D eigenvalue weighted by Crippen LogP contribution is -2.08. The highest BCUT2D eigenvalue weighted by molar-refractivity contribution is 6.67. The van der Waals surface area contributed by atoms with E-state index >= 15 is 0 Å². The number of hydrogen-bond acceptors (Lipinski definition) is 4. The smallest absolute Gasteiger partial charge is 0.250 e. The van der Waals surface area contributed by atoms with Gasteiger partial charge in [-0.05, 0) is 31.5 Å². The Balaban J connectivity index is 0.000000289. The van der Waals surface area contributed by atoms with Crippen LogP contribution >= 0.6 is 69.6 Å². The quantitative estimate of drug-likeness (QED) is 0.465. The van der Waals surface area contributed by atoms with Crippen LogP contribution in [0.5, 0.6) is 5.75 Å². The van der Waals surface area contributed by atoms with Gasteiger partial charge in [0.15, 0.2) is 5.82 Å². The second-order valence-electron chi connectivity index (χ2n) is 5.08. The summed E-state index contributed by atoms with van der Waals surface area (Å²) in [5.74, 6) is 0.814. The van der Waals surface area contributed by atoms with Gasteiger partial charge in [-0.1, -0.05) is 88.3 Å². The first-order valence-corrected chi connectivity index (χ1v) is 9.41. The van der Waals surface area contributed by atoms with Crippen molar-refractivity contribution in [1.29, 1.82) is 0 Å². The second-order valence-corrected chi connectivity index (χ2v) is 9.64. The molecule has 0 saturated carbocycles. The standard InChI is InChI=1S/C12H13Cl3O.C4H2Cl3N3/c1-4-9-5-6-10(16-8(2)3)7-11(9)12(13,14)15;5-4(6,7)3-9-1-8-2-10-3/h4-8H,1H2,2-3H3;1-2H. The van der Waals surface area contributed by atoms with E-state index in [0.717, 1.165) is 5.56 Å². The first kappa shape index (κ1) is 23.5. The van der Waals surface area contributed by atoms with E-state index in [-0.39, 0.29) is 11.9 Å². The molecule has 0 radical (unpaired) electrons. The SMILES string of the molecule is C=Cc1ccc(OC(C)C)cc1C(Cl)(Cl)Cl.ClC(Cl)(Cl)c1ncncn1. The van der Waals surface area contributed by atoms with Gasteiger partial charge in [-0.15, -0.1) is 0 Å². The first-order chi connectivity index (χ1) is 11.9. The number of aromatic nitrogens is 3. The molecule has 0 N–H and O–H groups in total. The molecule has 1 aromatic carbocycles. The lowest BCUT2D eigenvalue weighted by molar-refractivity contribution is 0.242. The van der Waals surface area contributed by atoms with Gasteiger partial charge in [-0.2, -0.15) is 0 Å². The molecular weight excluding hydrogens is 463 g/mol. The third-order valence-electron chi connectivity index (χ3n) is 2.67. The molecule has 0 aliphatic carbocycles. The molecule has 0 spiro atoms. The predicted octanol–water partition coefficient (Wildman–Crippen LogP) is 6.64. The minimum absolute atomic E-state index is 0.0813. The fraction of sp³-hybridized carbons (Fsp3) is 0.312. The summed E-state index contributed by atoms with van der Waals surface area (Å²) < 4.78 is 2.51. The van der Waals surface area contributed by atoms with Crippen LogP contribution in [-0.2, 0) is 7.59 Å². The minimum atomic E-state index is -1.55. The first-order valence-electron chi connectivity index (χ1n) is 7.14. The number of benzene rings is 1. The van der Waals surface area contributed by atoms with Crippen LogP contribution in [-0.4, -0.2) is 21.1 Å². The zero-order valence-corrected chi connectivity index (χ0v) is 18.3. The molecule has 0 aliphatic heterocycles. The summed E-state index contributed by atoms with van der Waals surface area (Å²) in [6.07, 6.45) is 4.27. The summed E-state index contributed by atoms with van der Waals surface area (Å²) in [6, 6.07) is 5.38. The molecule has 0 fully saturated rings. The second kappa shape index (κ2) is 10.2. The predicted molar refractivity (Wildman–Crippen MR) is 111 cm³/mol. The summed E-state index contributed by atoms with van der Waals surface area (Å²) in [5, 5.41) is 0. The van der Waals surface area contributed by atoms with Gasteiger partial charge in [0, 0.05) is 5.56 Å².